The first-order chi connectivity index (χ1) is 8.46. The van der Waals surface area contributed by atoms with Crippen LogP contribution >= 0.6 is 0 Å². The average Bonchev–Trinajstić information content (AvgIpc) is 2.62. The van der Waals surface area contributed by atoms with Gasteiger partial charge in [0.05, 0.1) is 6.61 Å². The van der Waals surface area contributed by atoms with E-state index in [0.29, 0.717) is 19.7 Å². The van der Waals surface area contributed by atoms with Gasteiger partial charge in [-0.25, -0.2) is 0 Å². The molecule has 0 aromatic rings. The van der Waals surface area contributed by atoms with Crippen molar-refractivity contribution in [1.82, 2.24) is 5.32 Å². The van der Waals surface area contributed by atoms with Crippen molar-refractivity contribution in [3.8, 4) is 0 Å². The Kier molecular flexibility index (Phi) is 4.99. The fraction of sp³-hybridized carbons (Fsp3) is 0.917. The van der Waals surface area contributed by atoms with Gasteiger partial charge in [-0.3, -0.25) is 4.79 Å². The Hall–Kier alpha value is -1.26. The lowest BCUT2D eigenvalue weighted by molar-refractivity contribution is -0.151. The lowest BCUT2D eigenvalue weighted by atomic mass is 9.87. The highest BCUT2D eigenvalue weighted by molar-refractivity contribution is 5.81. The third kappa shape index (κ3) is 3.62. The molecule has 18 heavy (non-hydrogen) atoms. The number of azide groups is 1. The summed E-state index contributed by atoms with van der Waals surface area (Å²) in [5.41, 5.74) is 7.77. The molecule has 6 nitrogen and oxygen atoms in total. The molecule has 0 saturated heterocycles. The van der Waals surface area contributed by atoms with Gasteiger partial charge in [0, 0.05) is 18.0 Å². The van der Waals surface area contributed by atoms with Gasteiger partial charge < -0.3 is 10.1 Å². The third-order valence-electron chi connectivity index (χ3n) is 3.41. The fourth-order valence-electron chi connectivity index (χ4n) is 2.60. The lowest BCUT2D eigenvalue weighted by Gasteiger charge is -2.29. The Morgan fingerprint density at radius 2 is 2.22 bits per heavy atom. The normalized spacial score (nSPS) is 25.5. The first-order valence-electron chi connectivity index (χ1n) is 6.39. The van der Waals surface area contributed by atoms with Crippen molar-refractivity contribution in [1.29, 1.82) is 0 Å². The number of carbonyl (C=O) groups is 1. The Labute approximate surface area is 108 Å². The van der Waals surface area contributed by atoms with E-state index in [1.807, 2.05) is 6.92 Å². The Morgan fingerprint density at radius 1 is 1.50 bits per heavy atom. The minimum atomic E-state index is -0.607. The Morgan fingerprint density at radius 3 is 2.72 bits per heavy atom. The number of ether oxygens (including phenoxy) is 1. The van der Waals surface area contributed by atoms with Gasteiger partial charge in [-0.05, 0) is 37.1 Å². The zero-order valence-corrected chi connectivity index (χ0v) is 11.4. The molecule has 1 atom stereocenters. The smallest absolute Gasteiger partial charge is 0.326 e. The molecule has 0 spiro atoms. The highest BCUT2D eigenvalue weighted by atomic mass is 16.5. The van der Waals surface area contributed by atoms with Crippen LogP contribution in [0, 0.1) is 5.41 Å². The van der Waals surface area contributed by atoms with Crippen LogP contribution in [0.2, 0.25) is 0 Å². The molecule has 0 radical (unpaired) electrons. The van der Waals surface area contributed by atoms with Crippen molar-refractivity contribution in [2.75, 3.05) is 19.7 Å². The van der Waals surface area contributed by atoms with E-state index in [2.05, 4.69) is 29.2 Å². The molecular weight excluding hydrogens is 232 g/mol. The molecule has 1 aliphatic rings. The first-order valence-corrected chi connectivity index (χ1v) is 6.39. The molecule has 0 aromatic carbocycles. The van der Waals surface area contributed by atoms with Crippen LogP contribution in [-0.4, -0.2) is 31.2 Å². The number of nitrogens with one attached hydrogen (secondary N) is 1. The molecule has 1 rings (SSSR count). The molecule has 0 heterocycles. The number of nitrogens with zero attached hydrogens (tertiary/aromatic N) is 3. The molecule has 0 amide bonds. The molecule has 1 aliphatic carbocycles. The molecule has 1 unspecified atom stereocenters. The second kappa shape index (κ2) is 6.07. The lowest BCUT2D eigenvalue weighted by Crippen LogP contribution is -2.52. The maximum Gasteiger partial charge on any atom is 0.326 e. The maximum atomic E-state index is 12.1. The van der Waals surface area contributed by atoms with Crippen LogP contribution in [0.25, 0.3) is 10.4 Å². The van der Waals surface area contributed by atoms with E-state index in [-0.39, 0.29) is 11.4 Å². The van der Waals surface area contributed by atoms with E-state index in [1.54, 1.807) is 0 Å². The highest BCUT2D eigenvalue weighted by Crippen LogP contribution is 2.44. The van der Waals surface area contributed by atoms with E-state index in [9.17, 15) is 4.79 Å². The van der Waals surface area contributed by atoms with Crippen molar-refractivity contribution >= 4 is 5.97 Å². The van der Waals surface area contributed by atoms with Crippen LogP contribution in [0.3, 0.4) is 0 Å². The summed E-state index contributed by atoms with van der Waals surface area (Å²) in [6.07, 6.45) is 2.52. The molecule has 1 saturated carbocycles. The van der Waals surface area contributed by atoms with Crippen molar-refractivity contribution < 1.29 is 9.53 Å². The SMILES string of the molecule is CCOC(=O)C1(NCCN=[N+]=[N-])CCC(C)(C)C1. The summed E-state index contributed by atoms with van der Waals surface area (Å²) in [5.74, 6) is -0.184. The summed E-state index contributed by atoms with van der Waals surface area (Å²) in [6, 6.07) is 0. The summed E-state index contributed by atoms with van der Waals surface area (Å²) in [6.45, 7) is 7.36. The van der Waals surface area contributed by atoms with E-state index >= 15 is 0 Å². The van der Waals surface area contributed by atoms with E-state index in [1.165, 1.54) is 0 Å². The monoisotopic (exact) mass is 254 g/mol. The topological polar surface area (TPSA) is 87.1 Å². The van der Waals surface area contributed by atoms with Crippen LogP contribution in [0.4, 0.5) is 0 Å². The summed E-state index contributed by atoms with van der Waals surface area (Å²) >= 11 is 0. The van der Waals surface area contributed by atoms with Crippen molar-refractivity contribution in [3.63, 3.8) is 0 Å². The molecule has 1 fully saturated rings. The van der Waals surface area contributed by atoms with Crippen LogP contribution in [-0.2, 0) is 9.53 Å². The molecule has 0 aliphatic heterocycles. The number of hydrogen-bond acceptors (Lipinski definition) is 4. The predicted molar refractivity (Wildman–Crippen MR) is 69.0 cm³/mol. The molecule has 102 valence electrons. The number of esters is 1. The minimum Gasteiger partial charge on any atom is -0.465 e. The van der Waals surface area contributed by atoms with Gasteiger partial charge in [0.15, 0.2) is 0 Å². The van der Waals surface area contributed by atoms with Gasteiger partial charge in [-0.2, -0.15) is 0 Å². The van der Waals surface area contributed by atoms with Crippen LogP contribution in [0.1, 0.15) is 40.0 Å². The van der Waals surface area contributed by atoms with Crippen LogP contribution < -0.4 is 5.32 Å². The van der Waals surface area contributed by atoms with E-state index in [4.69, 9.17) is 10.3 Å². The Bertz CT molecular complexity index is 350. The molecule has 1 N–H and O–H groups in total. The minimum absolute atomic E-state index is 0.137. The molecule has 6 heteroatoms. The second-order valence-corrected chi connectivity index (χ2v) is 5.52. The quantitative estimate of drug-likeness (QED) is 0.259. The second-order valence-electron chi connectivity index (χ2n) is 5.52. The summed E-state index contributed by atoms with van der Waals surface area (Å²) in [7, 11) is 0. The van der Waals surface area contributed by atoms with Gasteiger partial charge in [-0.15, -0.1) is 0 Å². The van der Waals surface area contributed by atoms with Crippen molar-refractivity contribution in [2.45, 2.75) is 45.6 Å². The van der Waals surface area contributed by atoms with Gasteiger partial charge in [0.25, 0.3) is 0 Å². The predicted octanol–water partition coefficient (Wildman–Crippen LogP) is 2.40. The van der Waals surface area contributed by atoms with Gasteiger partial charge >= 0.3 is 5.97 Å². The van der Waals surface area contributed by atoms with Crippen molar-refractivity contribution in [3.05, 3.63) is 10.4 Å². The van der Waals surface area contributed by atoms with E-state index < -0.39 is 5.54 Å². The van der Waals surface area contributed by atoms with Crippen LogP contribution in [0.5, 0.6) is 0 Å². The zero-order valence-electron chi connectivity index (χ0n) is 11.4. The fourth-order valence-corrected chi connectivity index (χ4v) is 2.60. The first kappa shape index (κ1) is 14.8. The van der Waals surface area contributed by atoms with Gasteiger partial charge in [0.1, 0.15) is 5.54 Å². The van der Waals surface area contributed by atoms with Crippen molar-refractivity contribution in [2.24, 2.45) is 10.5 Å². The summed E-state index contributed by atoms with van der Waals surface area (Å²) in [4.78, 5) is 14.8. The number of rotatable bonds is 6. The Balaban J connectivity index is 2.69. The molecule has 0 bridgehead atoms. The van der Waals surface area contributed by atoms with E-state index in [0.717, 1.165) is 19.3 Å². The summed E-state index contributed by atoms with van der Waals surface area (Å²) in [5, 5.41) is 6.70. The third-order valence-corrected chi connectivity index (χ3v) is 3.41. The summed E-state index contributed by atoms with van der Waals surface area (Å²) < 4.78 is 5.17. The standard InChI is InChI=1S/C12H22N4O2/c1-4-18-10(17)12(14-7-8-15-16-13)6-5-11(2,3)9-12/h14H,4-9H2,1-3H3. The molecular formula is C12H22N4O2. The average molecular weight is 254 g/mol. The molecule has 0 aromatic heterocycles. The van der Waals surface area contributed by atoms with Gasteiger partial charge in [-0.1, -0.05) is 19.0 Å². The number of hydrogen-bond donors (Lipinski definition) is 1. The van der Waals surface area contributed by atoms with Crippen LogP contribution in [0.15, 0.2) is 5.11 Å². The highest BCUT2D eigenvalue weighted by Gasteiger charge is 2.49. The number of carbonyl (C=O) groups excluding carboxylic acids is 1. The largest absolute Gasteiger partial charge is 0.465 e. The zero-order chi connectivity index (χ0) is 13.6. The maximum absolute atomic E-state index is 12.1. The van der Waals surface area contributed by atoms with Gasteiger partial charge in [0.2, 0.25) is 0 Å².